The van der Waals surface area contributed by atoms with E-state index < -0.39 is 17.5 Å². The predicted molar refractivity (Wildman–Crippen MR) is 68.0 cm³/mol. The Morgan fingerprint density at radius 3 is 2.95 bits per heavy atom. The van der Waals surface area contributed by atoms with E-state index in [1.54, 1.807) is 0 Å². The standard InChI is InChI=1S/C13H17F2N3O/c1-18-5-4-16-10(8-18)7-17-13(19)9-2-3-11(14)12(15)6-9/h2-3,6,10,16H,4-5,7-8H2,1H3,(H,17,19). The van der Waals surface area contributed by atoms with Gasteiger partial charge in [-0.2, -0.15) is 0 Å². The lowest BCUT2D eigenvalue weighted by molar-refractivity contribution is 0.0943. The first-order valence-electron chi connectivity index (χ1n) is 6.21. The molecular formula is C13H17F2N3O. The number of benzene rings is 1. The van der Waals surface area contributed by atoms with Crippen LogP contribution in [0.2, 0.25) is 0 Å². The zero-order chi connectivity index (χ0) is 13.8. The van der Waals surface area contributed by atoms with Gasteiger partial charge in [0.1, 0.15) is 0 Å². The van der Waals surface area contributed by atoms with Crippen molar-refractivity contribution in [2.75, 3.05) is 33.2 Å². The van der Waals surface area contributed by atoms with Crippen LogP contribution in [0.4, 0.5) is 8.78 Å². The first kappa shape index (κ1) is 13.9. The number of hydrogen-bond donors (Lipinski definition) is 2. The van der Waals surface area contributed by atoms with Gasteiger partial charge in [-0.05, 0) is 25.2 Å². The third-order valence-electron chi connectivity index (χ3n) is 3.15. The maximum Gasteiger partial charge on any atom is 0.251 e. The van der Waals surface area contributed by atoms with Gasteiger partial charge in [0, 0.05) is 37.8 Å². The second-order valence-electron chi connectivity index (χ2n) is 4.75. The van der Waals surface area contributed by atoms with Crippen LogP contribution in [0.5, 0.6) is 0 Å². The van der Waals surface area contributed by atoms with E-state index in [0.717, 1.165) is 31.8 Å². The maximum atomic E-state index is 13.0. The van der Waals surface area contributed by atoms with E-state index in [4.69, 9.17) is 0 Å². The number of carbonyl (C=O) groups excluding carboxylic acids is 1. The van der Waals surface area contributed by atoms with Crippen molar-refractivity contribution >= 4 is 5.91 Å². The molecule has 1 atom stereocenters. The number of rotatable bonds is 3. The topological polar surface area (TPSA) is 44.4 Å². The predicted octanol–water partition coefficient (Wildman–Crippen LogP) is 0.598. The van der Waals surface area contributed by atoms with Crippen molar-refractivity contribution in [3.8, 4) is 0 Å². The lowest BCUT2D eigenvalue weighted by Crippen LogP contribution is -2.53. The van der Waals surface area contributed by atoms with Gasteiger partial charge in [0.2, 0.25) is 0 Å². The van der Waals surface area contributed by atoms with Gasteiger partial charge in [0.25, 0.3) is 5.91 Å². The second kappa shape index (κ2) is 6.08. The number of halogens is 2. The molecule has 0 radical (unpaired) electrons. The summed E-state index contributed by atoms with van der Waals surface area (Å²) >= 11 is 0. The molecule has 1 aromatic carbocycles. The minimum absolute atomic E-state index is 0.128. The van der Waals surface area contributed by atoms with Crippen LogP contribution < -0.4 is 10.6 Å². The fourth-order valence-corrected chi connectivity index (χ4v) is 2.08. The monoisotopic (exact) mass is 269 g/mol. The molecule has 1 unspecified atom stereocenters. The summed E-state index contributed by atoms with van der Waals surface area (Å²) in [4.78, 5) is 14.0. The van der Waals surface area contributed by atoms with E-state index in [9.17, 15) is 13.6 Å². The molecule has 1 heterocycles. The maximum absolute atomic E-state index is 13.0. The van der Waals surface area contributed by atoms with Crippen molar-refractivity contribution in [1.82, 2.24) is 15.5 Å². The number of hydrogen-bond acceptors (Lipinski definition) is 3. The number of amides is 1. The molecule has 0 aliphatic carbocycles. The molecule has 1 aromatic rings. The van der Waals surface area contributed by atoms with Gasteiger partial charge >= 0.3 is 0 Å². The van der Waals surface area contributed by atoms with E-state index in [0.29, 0.717) is 6.54 Å². The average molecular weight is 269 g/mol. The molecule has 1 aliphatic rings. The molecule has 4 nitrogen and oxygen atoms in total. The van der Waals surface area contributed by atoms with Gasteiger partial charge in [-0.1, -0.05) is 0 Å². The molecule has 1 saturated heterocycles. The molecule has 1 aliphatic heterocycles. The Morgan fingerprint density at radius 2 is 2.26 bits per heavy atom. The van der Waals surface area contributed by atoms with Crippen LogP contribution in [0.25, 0.3) is 0 Å². The average Bonchev–Trinajstić information content (AvgIpc) is 2.39. The Kier molecular flexibility index (Phi) is 4.44. The van der Waals surface area contributed by atoms with Crippen LogP contribution in [0.3, 0.4) is 0 Å². The van der Waals surface area contributed by atoms with Crippen LogP contribution >= 0.6 is 0 Å². The number of nitrogens with zero attached hydrogens (tertiary/aromatic N) is 1. The molecule has 6 heteroatoms. The fourth-order valence-electron chi connectivity index (χ4n) is 2.08. The van der Waals surface area contributed by atoms with Gasteiger partial charge in [0.15, 0.2) is 11.6 Å². The molecule has 1 fully saturated rings. The molecule has 104 valence electrons. The van der Waals surface area contributed by atoms with Crippen LogP contribution in [0, 0.1) is 11.6 Å². The zero-order valence-corrected chi connectivity index (χ0v) is 10.7. The highest BCUT2D eigenvalue weighted by Gasteiger charge is 2.17. The summed E-state index contributed by atoms with van der Waals surface area (Å²) in [6.07, 6.45) is 0. The Hall–Kier alpha value is -1.53. The van der Waals surface area contributed by atoms with E-state index in [2.05, 4.69) is 15.5 Å². The first-order chi connectivity index (χ1) is 9.06. The van der Waals surface area contributed by atoms with Gasteiger partial charge in [-0.15, -0.1) is 0 Å². The highest BCUT2D eigenvalue weighted by Crippen LogP contribution is 2.08. The molecule has 0 saturated carbocycles. The number of nitrogens with one attached hydrogen (secondary N) is 2. The largest absolute Gasteiger partial charge is 0.350 e. The third kappa shape index (κ3) is 3.71. The van der Waals surface area contributed by atoms with E-state index in [1.165, 1.54) is 6.07 Å². The summed E-state index contributed by atoms with van der Waals surface area (Å²) in [5.41, 5.74) is 0.128. The summed E-state index contributed by atoms with van der Waals surface area (Å²) in [7, 11) is 2.02. The molecule has 0 aromatic heterocycles. The lowest BCUT2D eigenvalue weighted by atomic mass is 10.2. The second-order valence-corrected chi connectivity index (χ2v) is 4.75. The molecular weight excluding hydrogens is 252 g/mol. The van der Waals surface area contributed by atoms with Gasteiger partial charge < -0.3 is 15.5 Å². The van der Waals surface area contributed by atoms with Crippen LogP contribution in [-0.4, -0.2) is 50.1 Å². The van der Waals surface area contributed by atoms with Crippen LogP contribution in [-0.2, 0) is 0 Å². The minimum atomic E-state index is -1.01. The first-order valence-corrected chi connectivity index (χ1v) is 6.21. The fraction of sp³-hybridized carbons (Fsp3) is 0.462. The van der Waals surface area contributed by atoms with E-state index >= 15 is 0 Å². The summed E-state index contributed by atoms with van der Waals surface area (Å²) in [5.74, 6) is -2.36. The highest BCUT2D eigenvalue weighted by atomic mass is 19.2. The van der Waals surface area contributed by atoms with Crippen molar-refractivity contribution in [3.63, 3.8) is 0 Å². The number of carbonyl (C=O) groups is 1. The SMILES string of the molecule is CN1CCNC(CNC(=O)c2ccc(F)c(F)c2)C1. The van der Waals surface area contributed by atoms with Crippen molar-refractivity contribution < 1.29 is 13.6 Å². The Morgan fingerprint density at radius 1 is 1.47 bits per heavy atom. The van der Waals surface area contributed by atoms with Gasteiger partial charge in [-0.3, -0.25) is 4.79 Å². The smallest absolute Gasteiger partial charge is 0.251 e. The summed E-state index contributed by atoms with van der Waals surface area (Å²) in [6.45, 7) is 3.16. The Labute approximate surface area is 110 Å². The molecule has 0 bridgehead atoms. The summed E-state index contributed by atoms with van der Waals surface area (Å²) in [6, 6.07) is 3.31. The third-order valence-corrected chi connectivity index (χ3v) is 3.15. The lowest BCUT2D eigenvalue weighted by Gasteiger charge is -2.30. The Balaban J connectivity index is 1.88. The number of piperazine rings is 1. The minimum Gasteiger partial charge on any atom is -0.350 e. The molecule has 0 spiro atoms. The normalized spacial score (nSPS) is 20.3. The summed E-state index contributed by atoms with van der Waals surface area (Å²) in [5, 5.41) is 6.01. The zero-order valence-electron chi connectivity index (χ0n) is 10.7. The molecule has 2 N–H and O–H groups in total. The molecule has 2 rings (SSSR count). The molecule has 19 heavy (non-hydrogen) atoms. The van der Waals surface area contributed by atoms with E-state index in [-0.39, 0.29) is 11.6 Å². The quantitative estimate of drug-likeness (QED) is 0.844. The van der Waals surface area contributed by atoms with Crippen molar-refractivity contribution in [2.24, 2.45) is 0 Å². The molecule has 1 amide bonds. The van der Waals surface area contributed by atoms with Crippen molar-refractivity contribution in [3.05, 3.63) is 35.4 Å². The van der Waals surface area contributed by atoms with Crippen LogP contribution in [0.15, 0.2) is 18.2 Å². The summed E-state index contributed by atoms with van der Waals surface area (Å²) < 4.78 is 25.8. The van der Waals surface area contributed by atoms with Gasteiger partial charge in [-0.25, -0.2) is 8.78 Å². The number of likely N-dealkylation sites (N-methyl/N-ethyl adjacent to an activating group) is 1. The van der Waals surface area contributed by atoms with Crippen LogP contribution in [0.1, 0.15) is 10.4 Å². The van der Waals surface area contributed by atoms with Crippen molar-refractivity contribution in [2.45, 2.75) is 6.04 Å². The van der Waals surface area contributed by atoms with Crippen molar-refractivity contribution in [1.29, 1.82) is 0 Å². The highest BCUT2D eigenvalue weighted by molar-refractivity contribution is 5.94. The van der Waals surface area contributed by atoms with Gasteiger partial charge in [0.05, 0.1) is 0 Å². The Bertz CT molecular complexity index is 467. The van der Waals surface area contributed by atoms with E-state index in [1.807, 2.05) is 7.05 Å².